The van der Waals surface area contributed by atoms with Gasteiger partial charge in [0.1, 0.15) is 11.6 Å². The molecule has 3 rings (SSSR count). The van der Waals surface area contributed by atoms with E-state index in [4.69, 9.17) is 16.3 Å². The number of ether oxygens (including phenoxy) is 1. The molecule has 0 saturated carbocycles. The van der Waals surface area contributed by atoms with Crippen LogP contribution in [0.4, 0.5) is 14.9 Å². The van der Waals surface area contributed by atoms with E-state index in [0.717, 1.165) is 0 Å². The lowest BCUT2D eigenvalue weighted by Crippen LogP contribution is -2.36. The van der Waals surface area contributed by atoms with Crippen molar-refractivity contribution in [3.05, 3.63) is 77.6 Å². The number of carbonyl (C=O) groups is 1. The van der Waals surface area contributed by atoms with Gasteiger partial charge >= 0.3 is 6.03 Å². The lowest BCUT2D eigenvalue weighted by atomic mass is 10.2. The number of benzene rings is 2. The van der Waals surface area contributed by atoms with E-state index in [1.54, 1.807) is 60.9 Å². The Labute approximate surface area is 173 Å². The molecule has 0 atom stereocenters. The van der Waals surface area contributed by atoms with Crippen LogP contribution in [0, 0.1) is 5.82 Å². The van der Waals surface area contributed by atoms with Crippen LogP contribution in [0.1, 0.15) is 12.0 Å². The number of methoxy groups -OCH3 is 1. The molecule has 0 aliphatic heterocycles. The van der Waals surface area contributed by atoms with Crippen molar-refractivity contribution in [2.75, 3.05) is 19.0 Å². The van der Waals surface area contributed by atoms with Crippen molar-refractivity contribution in [1.82, 2.24) is 14.5 Å². The molecule has 0 fully saturated rings. The van der Waals surface area contributed by atoms with Crippen LogP contribution in [-0.2, 0) is 13.1 Å². The highest BCUT2D eigenvalue weighted by Crippen LogP contribution is 2.22. The largest absolute Gasteiger partial charge is 0.497 e. The molecule has 0 spiro atoms. The summed E-state index contributed by atoms with van der Waals surface area (Å²) in [5.74, 6) is 0.192. The van der Waals surface area contributed by atoms with Crippen LogP contribution < -0.4 is 10.1 Å². The van der Waals surface area contributed by atoms with E-state index >= 15 is 0 Å². The number of rotatable bonds is 8. The van der Waals surface area contributed by atoms with Gasteiger partial charge in [0.2, 0.25) is 0 Å². The summed E-state index contributed by atoms with van der Waals surface area (Å²) in [7, 11) is 1.56. The smallest absolute Gasteiger partial charge is 0.322 e. The van der Waals surface area contributed by atoms with Crippen molar-refractivity contribution in [3.63, 3.8) is 0 Å². The zero-order chi connectivity index (χ0) is 20.6. The van der Waals surface area contributed by atoms with Crippen LogP contribution >= 0.6 is 11.6 Å². The second kappa shape index (κ2) is 9.93. The number of amides is 2. The van der Waals surface area contributed by atoms with Crippen molar-refractivity contribution in [1.29, 1.82) is 0 Å². The van der Waals surface area contributed by atoms with Gasteiger partial charge in [-0.05, 0) is 30.7 Å². The summed E-state index contributed by atoms with van der Waals surface area (Å²) in [5.41, 5.74) is 0.881. The highest BCUT2D eigenvalue weighted by Gasteiger charge is 2.18. The lowest BCUT2D eigenvalue weighted by molar-refractivity contribution is 0.206. The highest BCUT2D eigenvalue weighted by atomic mass is 35.5. The maximum absolute atomic E-state index is 14.3. The summed E-state index contributed by atoms with van der Waals surface area (Å²) in [5, 5.41) is 3.13. The standard InChI is InChI=1S/C21H22ClFN4O2/c1-29-17-6-2-5-16(13-17)25-21(28)27(11-4-10-26-12-9-24-15-26)14-18-19(22)7-3-8-20(18)23/h2-3,5-9,12-13,15H,4,10-11,14H2,1H3,(H,25,28). The number of anilines is 1. The first-order chi connectivity index (χ1) is 14.1. The van der Waals surface area contributed by atoms with E-state index in [1.807, 2.05) is 10.8 Å². The average Bonchev–Trinajstić information content (AvgIpc) is 3.23. The van der Waals surface area contributed by atoms with Crippen LogP contribution in [0.2, 0.25) is 5.02 Å². The molecule has 8 heteroatoms. The van der Waals surface area contributed by atoms with E-state index in [0.29, 0.717) is 36.0 Å². The predicted molar refractivity (Wildman–Crippen MR) is 111 cm³/mol. The lowest BCUT2D eigenvalue weighted by Gasteiger charge is -2.24. The van der Waals surface area contributed by atoms with Gasteiger partial charge in [0.05, 0.1) is 20.0 Å². The summed E-state index contributed by atoms with van der Waals surface area (Å²) in [6.07, 6.45) is 5.95. The number of carbonyl (C=O) groups excluding carboxylic acids is 1. The fourth-order valence-corrected chi connectivity index (χ4v) is 3.12. The Balaban J connectivity index is 1.73. The Morgan fingerprint density at radius 1 is 1.31 bits per heavy atom. The third-order valence-corrected chi connectivity index (χ3v) is 4.78. The van der Waals surface area contributed by atoms with Gasteiger partial charge in [-0.2, -0.15) is 0 Å². The molecular weight excluding hydrogens is 395 g/mol. The molecule has 0 aliphatic carbocycles. The van der Waals surface area contributed by atoms with Crippen LogP contribution in [0.3, 0.4) is 0 Å². The Kier molecular flexibility index (Phi) is 7.08. The van der Waals surface area contributed by atoms with E-state index in [2.05, 4.69) is 10.3 Å². The van der Waals surface area contributed by atoms with Crippen molar-refractivity contribution in [3.8, 4) is 5.75 Å². The highest BCUT2D eigenvalue weighted by molar-refractivity contribution is 6.31. The van der Waals surface area contributed by atoms with Gasteiger partial charge in [-0.15, -0.1) is 0 Å². The molecule has 0 saturated heterocycles. The number of nitrogens with one attached hydrogen (secondary N) is 1. The second-order valence-electron chi connectivity index (χ2n) is 6.44. The molecule has 1 heterocycles. The Morgan fingerprint density at radius 2 is 2.14 bits per heavy atom. The molecule has 29 heavy (non-hydrogen) atoms. The molecule has 0 radical (unpaired) electrons. The number of nitrogens with zero attached hydrogens (tertiary/aromatic N) is 3. The number of halogens is 2. The summed E-state index contributed by atoms with van der Waals surface area (Å²) in [6, 6.07) is 11.2. The SMILES string of the molecule is COc1cccc(NC(=O)N(CCCn2ccnc2)Cc2c(F)cccc2Cl)c1. The van der Waals surface area contributed by atoms with Gasteiger partial charge in [0.25, 0.3) is 0 Å². The first-order valence-electron chi connectivity index (χ1n) is 9.15. The molecule has 1 aromatic heterocycles. The van der Waals surface area contributed by atoms with Crippen molar-refractivity contribution in [2.45, 2.75) is 19.5 Å². The van der Waals surface area contributed by atoms with E-state index in [-0.39, 0.29) is 18.1 Å². The Morgan fingerprint density at radius 3 is 2.86 bits per heavy atom. The number of imidazole rings is 1. The van der Waals surface area contributed by atoms with Gasteiger partial charge < -0.3 is 19.5 Å². The van der Waals surface area contributed by atoms with E-state index in [1.165, 1.54) is 6.07 Å². The fraction of sp³-hybridized carbons (Fsp3) is 0.238. The normalized spacial score (nSPS) is 10.6. The van der Waals surface area contributed by atoms with E-state index < -0.39 is 5.82 Å². The summed E-state index contributed by atoms with van der Waals surface area (Å²) >= 11 is 6.17. The molecule has 2 aromatic carbocycles. The minimum Gasteiger partial charge on any atom is -0.497 e. The average molecular weight is 417 g/mol. The molecule has 0 aliphatic rings. The van der Waals surface area contributed by atoms with Gasteiger partial charge in [0.15, 0.2) is 0 Å². The molecular formula is C21H22ClFN4O2. The summed E-state index contributed by atoms with van der Waals surface area (Å²) < 4.78 is 21.4. The summed E-state index contributed by atoms with van der Waals surface area (Å²) in [6.45, 7) is 1.16. The Bertz CT molecular complexity index is 929. The third-order valence-electron chi connectivity index (χ3n) is 4.42. The Hall–Kier alpha value is -3.06. The zero-order valence-electron chi connectivity index (χ0n) is 16.0. The first-order valence-corrected chi connectivity index (χ1v) is 9.53. The quantitative estimate of drug-likeness (QED) is 0.573. The van der Waals surface area contributed by atoms with Crippen molar-refractivity contribution < 1.29 is 13.9 Å². The number of aromatic nitrogens is 2. The topological polar surface area (TPSA) is 59.4 Å². The van der Waals surface area contributed by atoms with Gasteiger partial charge in [0, 0.05) is 47.8 Å². The van der Waals surface area contributed by atoms with Gasteiger partial charge in [-0.1, -0.05) is 23.7 Å². The van der Waals surface area contributed by atoms with Gasteiger partial charge in [-0.3, -0.25) is 0 Å². The van der Waals surface area contributed by atoms with Gasteiger partial charge in [-0.25, -0.2) is 14.2 Å². The second-order valence-corrected chi connectivity index (χ2v) is 6.85. The van der Waals surface area contributed by atoms with Crippen molar-refractivity contribution >= 4 is 23.3 Å². The number of hydrogen-bond acceptors (Lipinski definition) is 3. The minimum atomic E-state index is -0.439. The fourth-order valence-electron chi connectivity index (χ4n) is 2.89. The zero-order valence-corrected chi connectivity index (χ0v) is 16.8. The molecule has 6 nitrogen and oxygen atoms in total. The van der Waals surface area contributed by atoms with E-state index in [9.17, 15) is 9.18 Å². The van der Waals surface area contributed by atoms with Crippen molar-refractivity contribution in [2.24, 2.45) is 0 Å². The molecule has 152 valence electrons. The van der Waals surface area contributed by atoms with Crippen LogP contribution in [0.5, 0.6) is 5.75 Å². The first kappa shape index (κ1) is 20.7. The van der Waals surface area contributed by atoms with Crippen LogP contribution in [0.15, 0.2) is 61.2 Å². The predicted octanol–water partition coefficient (Wildman–Crippen LogP) is 4.81. The summed E-state index contributed by atoms with van der Waals surface area (Å²) in [4.78, 5) is 18.5. The molecule has 2 amide bonds. The molecule has 0 unspecified atom stereocenters. The maximum Gasteiger partial charge on any atom is 0.322 e. The molecule has 3 aromatic rings. The number of aryl methyl sites for hydroxylation is 1. The third kappa shape index (κ3) is 5.71. The molecule has 0 bridgehead atoms. The number of hydrogen-bond donors (Lipinski definition) is 1. The number of urea groups is 1. The monoisotopic (exact) mass is 416 g/mol. The minimum absolute atomic E-state index is 0.0608. The molecule has 1 N–H and O–H groups in total. The van der Waals surface area contributed by atoms with Crippen LogP contribution in [-0.4, -0.2) is 34.1 Å². The maximum atomic E-state index is 14.3. The van der Waals surface area contributed by atoms with Crippen LogP contribution in [0.25, 0.3) is 0 Å².